The van der Waals surface area contributed by atoms with Gasteiger partial charge in [-0.1, -0.05) is 0 Å². The monoisotopic (exact) mass is 535 g/mol. The fourth-order valence-electron chi connectivity index (χ4n) is 5.36. The number of halogens is 5. The van der Waals surface area contributed by atoms with E-state index in [2.05, 4.69) is 19.8 Å². The molecule has 1 unspecified atom stereocenters. The summed E-state index contributed by atoms with van der Waals surface area (Å²) in [6.07, 6.45) is 0.441. The first-order chi connectivity index (χ1) is 18.0. The van der Waals surface area contributed by atoms with Crippen molar-refractivity contribution in [3.05, 3.63) is 53.0 Å². The molecule has 2 heterocycles. The minimum absolute atomic E-state index is 0.117. The molecule has 198 valence electrons. The molecule has 2 bridgehead atoms. The average Bonchev–Trinajstić information content (AvgIpc) is 3.31. The molecule has 0 saturated heterocycles. The van der Waals surface area contributed by atoms with Crippen molar-refractivity contribution in [2.75, 3.05) is 6.61 Å². The van der Waals surface area contributed by atoms with Crippen molar-refractivity contribution in [1.29, 1.82) is 5.26 Å². The molecule has 0 N–H and O–H groups in total. The van der Waals surface area contributed by atoms with Gasteiger partial charge >= 0.3 is 12.1 Å². The minimum atomic E-state index is -5.26. The summed E-state index contributed by atoms with van der Waals surface area (Å²) in [6.45, 7) is -0.804. The molecule has 9 nitrogen and oxygen atoms in total. The predicted molar refractivity (Wildman–Crippen MR) is 116 cm³/mol. The lowest BCUT2D eigenvalue weighted by molar-refractivity contribution is -0.227. The summed E-state index contributed by atoms with van der Waals surface area (Å²) in [5.74, 6) is -4.65. The molecule has 3 aliphatic carbocycles. The number of hydrogen-bond donors (Lipinski definition) is 0. The van der Waals surface area contributed by atoms with Gasteiger partial charge in [0.1, 0.15) is 24.3 Å². The molecule has 1 amide bonds. The Balaban J connectivity index is 1.21. The second-order valence-electron chi connectivity index (χ2n) is 9.69. The van der Waals surface area contributed by atoms with Crippen LogP contribution in [-0.2, 0) is 20.9 Å². The number of carbonyl (C=O) groups excluding carboxylic acids is 2. The Morgan fingerprint density at radius 3 is 2.50 bits per heavy atom. The van der Waals surface area contributed by atoms with Gasteiger partial charge in [0.15, 0.2) is 5.69 Å². The Morgan fingerprint density at radius 2 is 1.87 bits per heavy atom. The van der Waals surface area contributed by atoms with Gasteiger partial charge in [0.25, 0.3) is 0 Å². The summed E-state index contributed by atoms with van der Waals surface area (Å²) < 4.78 is 76.0. The SMILES string of the molecule is N#Cc1cnc(OCC23CC(C(=O)N4N=CCC4c4cc(F)c(COC(=O)C(F)(F)F)cc4F)(C2)C3)cn1. The van der Waals surface area contributed by atoms with Gasteiger partial charge in [-0.15, -0.1) is 0 Å². The highest BCUT2D eigenvalue weighted by atomic mass is 19.4. The number of aromatic nitrogens is 2. The van der Waals surface area contributed by atoms with Crippen molar-refractivity contribution in [2.45, 2.75) is 44.5 Å². The van der Waals surface area contributed by atoms with Crippen LogP contribution in [0.25, 0.3) is 0 Å². The molecule has 2 aromatic rings. The molecule has 3 saturated carbocycles. The van der Waals surface area contributed by atoms with Crippen LogP contribution in [0.15, 0.2) is 29.6 Å². The van der Waals surface area contributed by atoms with Gasteiger partial charge in [0.05, 0.1) is 30.5 Å². The van der Waals surface area contributed by atoms with E-state index in [9.17, 15) is 31.5 Å². The van der Waals surface area contributed by atoms with E-state index in [-0.39, 0.29) is 34.9 Å². The lowest BCUT2D eigenvalue weighted by Gasteiger charge is -2.69. The molecule has 6 rings (SSSR count). The van der Waals surface area contributed by atoms with Crippen molar-refractivity contribution >= 4 is 18.1 Å². The third kappa shape index (κ3) is 4.42. The first-order valence-electron chi connectivity index (χ1n) is 11.4. The van der Waals surface area contributed by atoms with Crippen LogP contribution >= 0.6 is 0 Å². The number of hydrogen-bond acceptors (Lipinski definition) is 8. The smallest absolute Gasteiger partial charge is 0.476 e. The van der Waals surface area contributed by atoms with Crippen LogP contribution in [-0.4, -0.2) is 45.9 Å². The van der Waals surface area contributed by atoms with Crippen LogP contribution in [0.2, 0.25) is 0 Å². The summed E-state index contributed by atoms with van der Waals surface area (Å²) in [6, 6.07) is 2.35. The van der Waals surface area contributed by atoms with Crippen molar-refractivity contribution in [3.8, 4) is 11.9 Å². The Bertz CT molecular complexity index is 1350. The molecule has 1 aromatic carbocycles. The Labute approximate surface area is 211 Å². The van der Waals surface area contributed by atoms with Gasteiger partial charge in [0, 0.05) is 29.2 Å². The molecular formula is C24H18F5N5O4. The van der Waals surface area contributed by atoms with Crippen molar-refractivity contribution in [2.24, 2.45) is 15.9 Å². The fraction of sp³-hybridized carbons (Fsp3) is 0.417. The third-order valence-electron chi connectivity index (χ3n) is 7.02. The topological polar surface area (TPSA) is 118 Å². The molecule has 3 fully saturated rings. The number of rotatable bonds is 7. The van der Waals surface area contributed by atoms with Gasteiger partial charge in [-0.3, -0.25) is 4.79 Å². The molecule has 1 atom stereocenters. The van der Waals surface area contributed by atoms with Gasteiger partial charge in [-0.2, -0.15) is 23.5 Å². The molecular weight excluding hydrogens is 517 g/mol. The summed E-state index contributed by atoms with van der Waals surface area (Å²) >= 11 is 0. The first-order valence-corrected chi connectivity index (χ1v) is 11.4. The van der Waals surface area contributed by atoms with E-state index in [1.165, 1.54) is 18.6 Å². The maximum absolute atomic E-state index is 14.9. The van der Waals surface area contributed by atoms with Crippen LogP contribution in [0.4, 0.5) is 22.0 Å². The number of hydrazone groups is 1. The van der Waals surface area contributed by atoms with E-state index >= 15 is 0 Å². The van der Waals surface area contributed by atoms with Crippen LogP contribution in [0.5, 0.6) is 5.88 Å². The zero-order valence-corrected chi connectivity index (χ0v) is 19.5. The molecule has 38 heavy (non-hydrogen) atoms. The maximum Gasteiger partial charge on any atom is 0.490 e. The van der Waals surface area contributed by atoms with E-state index in [0.29, 0.717) is 31.9 Å². The van der Waals surface area contributed by atoms with E-state index < -0.39 is 47.4 Å². The fourth-order valence-corrected chi connectivity index (χ4v) is 5.36. The van der Waals surface area contributed by atoms with Gasteiger partial charge in [0.2, 0.25) is 11.8 Å². The zero-order chi connectivity index (χ0) is 27.3. The van der Waals surface area contributed by atoms with Gasteiger partial charge in [-0.05, 0) is 31.4 Å². The normalized spacial score (nSPS) is 25.3. The van der Waals surface area contributed by atoms with Crippen LogP contribution in [0, 0.1) is 33.8 Å². The molecule has 1 aromatic heterocycles. The molecule has 4 aliphatic rings. The molecule has 0 radical (unpaired) electrons. The minimum Gasteiger partial charge on any atom is -0.476 e. The number of ether oxygens (including phenoxy) is 2. The molecule has 14 heteroatoms. The quantitative estimate of drug-likeness (QED) is 0.392. The lowest BCUT2D eigenvalue weighted by Crippen LogP contribution is -2.69. The molecule has 0 spiro atoms. The average molecular weight is 535 g/mol. The highest BCUT2D eigenvalue weighted by Crippen LogP contribution is 2.74. The molecule has 1 aliphatic heterocycles. The maximum atomic E-state index is 14.9. The zero-order valence-electron chi connectivity index (χ0n) is 19.5. The number of benzene rings is 1. The second-order valence-corrected chi connectivity index (χ2v) is 9.69. The lowest BCUT2D eigenvalue weighted by atomic mass is 9.35. The van der Waals surface area contributed by atoms with E-state index in [0.717, 1.165) is 11.1 Å². The predicted octanol–water partition coefficient (Wildman–Crippen LogP) is 3.74. The summed E-state index contributed by atoms with van der Waals surface area (Å²) in [5, 5.41) is 14.0. The Hall–Kier alpha value is -4.15. The van der Waals surface area contributed by atoms with Gasteiger partial charge in [-0.25, -0.2) is 28.6 Å². The second kappa shape index (κ2) is 9.00. The summed E-state index contributed by atoms with van der Waals surface area (Å²) in [7, 11) is 0. The number of esters is 1. The third-order valence-corrected chi connectivity index (χ3v) is 7.02. The number of carbonyl (C=O) groups is 2. The van der Waals surface area contributed by atoms with E-state index in [4.69, 9.17) is 10.00 Å². The van der Waals surface area contributed by atoms with Crippen LogP contribution in [0.3, 0.4) is 0 Å². The number of nitriles is 1. The van der Waals surface area contributed by atoms with Crippen LogP contribution < -0.4 is 4.74 Å². The van der Waals surface area contributed by atoms with Crippen molar-refractivity contribution < 1.29 is 41.0 Å². The Kier molecular flexibility index (Phi) is 6.04. The number of nitrogens with zero attached hydrogens (tertiary/aromatic N) is 5. The van der Waals surface area contributed by atoms with E-state index in [1.807, 2.05) is 6.07 Å². The van der Waals surface area contributed by atoms with Crippen molar-refractivity contribution in [3.63, 3.8) is 0 Å². The van der Waals surface area contributed by atoms with E-state index in [1.54, 1.807) is 0 Å². The summed E-state index contributed by atoms with van der Waals surface area (Å²) in [5.41, 5.74) is -1.53. The highest BCUT2D eigenvalue weighted by molar-refractivity contribution is 5.88. The number of alkyl halides is 3. The Morgan fingerprint density at radius 1 is 1.13 bits per heavy atom. The van der Waals surface area contributed by atoms with Gasteiger partial charge < -0.3 is 9.47 Å². The summed E-state index contributed by atoms with van der Waals surface area (Å²) in [4.78, 5) is 32.1. The highest BCUT2D eigenvalue weighted by Gasteiger charge is 2.73. The van der Waals surface area contributed by atoms with Crippen molar-refractivity contribution in [1.82, 2.24) is 15.0 Å². The largest absolute Gasteiger partial charge is 0.490 e. The standard InChI is InChI=1S/C24H18F5N5O4/c25-16-4-15(17(26)3-13(16)8-37-21(36)24(27,28)29)18-1-2-33-34(18)20(35)23-9-22(10-23,11-23)12-38-19-7-31-14(5-30)6-32-19/h2-4,6-7,18H,1,8-12H2. The number of amides is 1. The van der Waals surface area contributed by atoms with Crippen LogP contribution in [0.1, 0.15) is 48.5 Å². The first kappa shape index (κ1) is 25.5.